The molecule has 0 saturated carbocycles. The summed E-state index contributed by atoms with van der Waals surface area (Å²) in [5, 5.41) is 19.7. The molecule has 0 radical (unpaired) electrons. The summed E-state index contributed by atoms with van der Waals surface area (Å²) in [6, 6.07) is 8.34. The van der Waals surface area contributed by atoms with Gasteiger partial charge in [-0.15, -0.1) is 0 Å². The molecule has 48 heavy (non-hydrogen) atoms. The Labute approximate surface area is 272 Å². The number of carbonyl (C=O) groups is 2. The summed E-state index contributed by atoms with van der Waals surface area (Å²) in [5.74, 6) is -2.74. The van der Waals surface area contributed by atoms with Gasteiger partial charge in [0.15, 0.2) is 5.69 Å². The Morgan fingerprint density at radius 2 is 1.50 bits per heavy atom. The highest BCUT2D eigenvalue weighted by atomic mass is 19.4. The zero-order valence-corrected chi connectivity index (χ0v) is 26.7. The molecular formula is C34H33F7N4O3. The lowest BCUT2D eigenvalue weighted by molar-refractivity contribution is -0.144. The number of alkyl halides is 6. The minimum absolute atomic E-state index is 0.0231. The number of benzene rings is 2. The predicted octanol–water partition coefficient (Wildman–Crippen LogP) is 7.98. The number of carbonyl (C=O) groups excluding carboxylic acids is 1. The molecular weight excluding hydrogens is 645 g/mol. The number of nitrogens with zero attached hydrogens (tertiary/aromatic N) is 4. The summed E-state index contributed by atoms with van der Waals surface area (Å²) in [7, 11) is 1.24. The highest BCUT2D eigenvalue weighted by molar-refractivity contribution is 6.04. The number of rotatable bonds is 7. The highest BCUT2D eigenvalue weighted by Crippen LogP contribution is 2.42. The lowest BCUT2D eigenvalue weighted by Gasteiger charge is -2.36. The molecule has 0 aliphatic carbocycles. The van der Waals surface area contributed by atoms with Crippen molar-refractivity contribution >= 4 is 23.4 Å². The minimum atomic E-state index is -5.14. The van der Waals surface area contributed by atoms with Crippen LogP contribution in [0, 0.1) is 35.9 Å². The molecule has 1 aromatic heterocycles. The number of nitriles is 1. The number of hydrogen-bond donors (Lipinski definition) is 1. The molecule has 0 unspecified atom stereocenters. The average molecular weight is 679 g/mol. The Balaban J connectivity index is 1.85. The van der Waals surface area contributed by atoms with Crippen molar-refractivity contribution in [3.63, 3.8) is 0 Å². The fraction of sp³-hybridized carbons (Fsp3) is 0.412. The van der Waals surface area contributed by atoms with Crippen LogP contribution in [0.15, 0.2) is 42.5 Å². The van der Waals surface area contributed by atoms with Crippen LogP contribution in [-0.4, -0.2) is 42.1 Å². The van der Waals surface area contributed by atoms with Crippen LogP contribution in [0.4, 0.5) is 42.2 Å². The van der Waals surface area contributed by atoms with E-state index in [1.807, 2.05) is 11.0 Å². The second kappa shape index (κ2) is 13.1. The van der Waals surface area contributed by atoms with Crippen LogP contribution < -0.4 is 9.80 Å². The molecule has 0 bridgehead atoms. The van der Waals surface area contributed by atoms with Gasteiger partial charge in [-0.1, -0.05) is 13.0 Å². The molecule has 1 amide bonds. The SMILES string of the molecule is Cc1cc(F)ccc1-c1cc(N2CCC([C@@H](C)C(=O)O)CC2)nc(C#N)c1N(C)C(=O)C(C)(C)c1cc(C(F)(F)F)cc(C(F)(F)F)c1. The van der Waals surface area contributed by atoms with Crippen LogP contribution in [0.2, 0.25) is 0 Å². The van der Waals surface area contributed by atoms with Gasteiger partial charge in [-0.25, -0.2) is 9.37 Å². The van der Waals surface area contributed by atoms with Gasteiger partial charge in [0, 0.05) is 25.7 Å². The lowest BCUT2D eigenvalue weighted by Crippen LogP contribution is -2.42. The molecule has 2 aromatic carbocycles. The molecule has 1 fully saturated rings. The van der Waals surface area contributed by atoms with Crippen LogP contribution in [-0.2, 0) is 27.4 Å². The highest BCUT2D eigenvalue weighted by Gasteiger charge is 2.42. The third kappa shape index (κ3) is 7.24. The van der Waals surface area contributed by atoms with E-state index in [1.54, 1.807) is 19.9 Å². The Kier molecular flexibility index (Phi) is 9.86. The number of aliphatic carboxylic acids is 1. The zero-order valence-electron chi connectivity index (χ0n) is 26.7. The van der Waals surface area contributed by atoms with Crippen LogP contribution in [0.3, 0.4) is 0 Å². The third-order valence-electron chi connectivity index (χ3n) is 9.01. The van der Waals surface area contributed by atoms with Gasteiger partial charge in [-0.3, -0.25) is 9.59 Å². The largest absolute Gasteiger partial charge is 0.481 e. The summed E-state index contributed by atoms with van der Waals surface area (Å²) in [5.41, 5.74) is -4.96. The average Bonchev–Trinajstić information content (AvgIpc) is 3.02. The Bertz CT molecular complexity index is 1740. The monoisotopic (exact) mass is 678 g/mol. The number of carboxylic acids is 1. The van der Waals surface area contributed by atoms with Crippen molar-refractivity contribution in [1.29, 1.82) is 5.26 Å². The molecule has 1 N–H and O–H groups in total. The van der Waals surface area contributed by atoms with Crippen molar-refractivity contribution in [3.05, 3.63) is 76.2 Å². The molecule has 7 nitrogen and oxygen atoms in total. The summed E-state index contributed by atoms with van der Waals surface area (Å²) < 4.78 is 96.2. The molecule has 3 aromatic rings. The molecule has 1 aliphatic rings. The van der Waals surface area contributed by atoms with Crippen molar-refractivity contribution in [2.75, 3.05) is 29.9 Å². The molecule has 2 heterocycles. The van der Waals surface area contributed by atoms with Crippen LogP contribution in [0.5, 0.6) is 0 Å². The Morgan fingerprint density at radius 1 is 0.958 bits per heavy atom. The number of pyridine rings is 1. The molecule has 1 aliphatic heterocycles. The maximum Gasteiger partial charge on any atom is 0.416 e. The number of hydrogen-bond acceptors (Lipinski definition) is 5. The van der Waals surface area contributed by atoms with Gasteiger partial charge in [0.1, 0.15) is 17.7 Å². The quantitative estimate of drug-likeness (QED) is 0.255. The fourth-order valence-electron chi connectivity index (χ4n) is 6.03. The van der Waals surface area contributed by atoms with Gasteiger partial charge in [0.2, 0.25) is 5.91 Å². The van der Waals surface area contributed by atoms with Crippen molar-refractivity contribution in [3.8, 4) is 17.2 Å². The number of anilines is 2. The first-order valence-corrected chi connectivity index (χ1v) is 14.9. The molecule has 1 atom stereocenters. The van der Waals surface area contributed by atoms with E-state index < -0.39 is 58.1 Å². The van der Waals surface area contributed by atoms with E-state index >= 15 is 0 Å². The van der Waals surface area contributed by atoms with Crippen molar-refractivity contribution in [1.82, 2.24) is 4.98 Å². The summed E-state index contributed by atoms with van der Waals surface area (Å²) >= 11 is 0. The molecule has 0 spiro atoms. The van der Waals surface area contributed by atoms with Gasteiger partial charge in [-0.05, 0) is 92.6 Å². The van der Waals surface area contributed by atoms with E-state index in [9.17, 15) is 50.7 Å². The summed E-state index contributed by atoms with van der Waals surface area (Å²) in [4.78, 5) is 33.0. The summed E-state index contributed by atoms with van der Waals surface area (Å²) in [6.07, 6.45) is -9.23. The van der Waals surface area contributed by atoms with Crippen molar-refractivity contribution < 1.29 is 45.4 Å². The number of aromatic nitrogens is 1. The smallest absolute Gasteiger partial charge is 0.416 e. The van der Waals surface area contributed by atoms with Crippen LogP contribution in [0.25, 0.3) is 11.1 Å². The van der Waals surface area contributed by atoms with E-state index in [1.165, 1.54) is 39.1 Å². The molecule has 256 valence electrons. The van der Waals surface area contributed by atoms with Gasteiger partial charge in [-0.2, -0.15) is 31.6 Å². The van der Waals surface area contributed by atoms with E-state index in [2.05, 4.69) is 4.98 Å². The third-order valence-corrected chi connectivity index (χ3v) is 9.01. The number of carboxylic acid groups (broad SMARTS) is 1. The van der Waals surface area contributed by atoms with E-state index in [4.69, 9.17) is 0 Å². The van der Waals surface area contributed by atoms with E-state index in [0.717, 1.165) is 4.90 Å². The maximum absolute atomic E-state index is 14.2. The zero-order chi connectivity index (χ0) is 35.9. The fourth-order valence-corrected chi connectivity index (χ4v) is 6.03. The standard InChI is InChI=1S/C34H33F7N4O3/c1-18-12-24(35)6-7-25(18)26-16-28(45-10-8-20(9-11-45)19(2)30(46)47)43-27(17-42)29(26)44(5)31(48)32(3,4)21-13-22(33(36,37)38)15-23(14-21)34(39,40)41/h6-7,12-16,19-20H,8-11H2,1-5H3,(H,46,47)/t19-/m1/s1. The van der Waals surface area contributed by atoms with Crippen molar-refractivity contribution in [2.24, 2.45) is 11.8 Å². The predicted molar refractivity (Wildman–Crippen MR) is 164 cm³/mol. The van der Waals surface area contributed by atoms with Crippen LogP contribution in [0.1, 0.15) is 61.6 Å². The number of amides is 1. The second-order valence-electron chi connectivity index (χ2n) is 12.5. The van der Waals surface area contributed by atoms with Crippen molar-refractivity contribution in [2.45, 2.75) is 58.3 Å². The normalized spacial score (nSPS) is 15.2. The lowest BCUT2D eigenvalue weighted by atomic mass is 9.81. The van der Waals surface area contributed by atoms with Crippen LogP contribution >= 0.6 is 0 Å². The Hall–Kier alpha value is -4.67. The molecule has 14 heteroatoms. The summed E-state index contributed by atoms with van der Waals surface area (Å²) in [6.45, 7) is 6.40. The topological polar surface area (TPSA) is 97.5 Å². The van der Waals surface area contributed by atoms with E-state index in [0.29, 0.717) is 55.0 Å². The van der Waals surface area contributed by atoms with Gasteiger partial charge in [0.05, 0.1) is 28.1 Å². The molecule has 4 rings (SSSR count). The maximum atomic E-state index is 14.2. The number of piperidine rings is 1. The number of aryl methyl sites for hydroxylation is 1. The first-order chi connectivity index (χ1) is 22.2. The number of halogens is 7. The number of likely N-dealkylation sites (N-methyl/N-ethyl adjacent to an activating group) is 1. The van der Waals surface area contributed by atoms with E-state index in [-0.39, 0.29) is 28.9 Å². The van der Waals surface area contributed by atoms with Gasteiger partial charge in [0.25, 0.3) is 0 Å². The first kappa shape index (κ1) is 36.2. The minimum Gasteiger partial charge on any atom is -0.481 e. The first-order valence-electron chi connectivity index (χ1n) is 14.9. The van der Waals surface area contributed by atoms with Gasteiger partial charge >= 0.3 is 18.3 Å². The second-order valence-corrected chi connectivity index (χ2v) is 12.5. The Morgan fingerprint density at radius 3 is 1.98 bits per heavy atom. The van der Waals surface area contributed by atoms with Gasteiger partial charge < -0.3 is 14.9 Å². The molecule has 1 saturated heterocycles.